The van der Waals surface area contributed by atoms with Crippen LogP contribution in [0.25, 0.3) is 10.8 Å². The highest BCUT2D eigenvalue weighted by atomic mass is 32.2. The number of carbonyl (C=O) groups is 2. The molecule has 1 aliphatic rings. The highest BCUT2D eigenvalue weighted by Crippen LogP contribution is 2.35. The Morgan fingerprint density at radius 3 is 2.07 bits per heavy atom. The van der Waals surface area contributed by atoms with Crippen molar-refractivity contribution >= 4 is 33.4 Å². The third kappa shape index (κ3) is 5.18. The van der Waals surface area contributed by atoms with E-state index < -0.39 is 0 Å². The third-order valence-corrected chi connectivity index (χ3v) is 8.42. The molecular weight excluding hydrogens is 394 g/mol. The largest absolute Gasteiger partial charge is 0.496 e. The predicted octanol–water partition coefficient (Wildman–Crippen LogP) is 4.95. The van der Waals surface area contributed by atoms with Gasteiger partial charge in [-0.2, -0.15) is 0 Å². The van der Waals surface area contributed by atoms with Crippen molar-refractivity contribution < 1.29 is 14.3 Å². The van der Waals surface area contributed by atoms with Crippen LogP contribution in [-0.2, 0) is 15.7 Å². The Balaban J connectivity index is 0.00000155. The molecule has 4 nitrogen and oxygen atoms in total. The van der Waals surface area contributed by atoms with E-state index in [2.05, 4.69) is 20.8 Å². The number of benzene rings is 2. The molecule has 2 aromatic rings. The molecule has 0 radical (unpaired) electrons. The van der Waals surface area contributed by atoms with E-state index in [1.54, 1.807) is 14.0 Å². The van der Waals surface area contributed by atoms with Gasteiger partial charge < -0.3 is 9.64 Å². The highest BCUT2D eigenvalue weighted by Gasteiger charge is 2.47. The Morgan fingerprint density at radius 2 is 1.57 bits per heavy atom. The second-order valence-electron chi connectivity index (χ2n) is 8.42. The molecule has 1 unspecified atom stereocenters. The minimum atomic E-state index is -0.139. The molecule has 2 aromatic carbocycles. The van der Waals surface area contributed by atoms with Crippen LogP contribution >= 0.6 is 0 Å². The number of amides is 1. The van der Waals surface area contributed by atoms with Crippen molar-refractivity contribution in [3.63, 3.8) is 0 Å². The van der Waals surface area contributed by atoms with E-state index in [4.69, 9.17) is 4.74 Å². The minimum Gasteiger partial charge on any atom is -0.496 e. The lowest BCUT2D eigenvalue weighted by molar-refractivity contribution is -0.128. The first-order valence-electron chi connectivity index (χ1n) is 10.8. The van der Waals surface area contributed by atoms with Crippen molar-refractivity contribution in [2.45, 2.75) is 46.8 Å². The van der Waals surface area contributed by atoms with Gasteiger partial charge in [-0.3, -0.25) is 9.59 Å². The van der Waals surface area contributed by atoms with E-state index in [9.17, 15) is 9.59 Å². The summed E-state index contributed by atoms with van der Waals surface area (Å²) in [5.74, 6) is 2.94. The lowest BCUT2D eigenvalue weighted by Crippen LogP contribution is -2.52. The van der Waals surface area contributed by atoms with Gasteiger partial charge in [0.2, 0.25) is 11.7 Å². The number of Topliss-reactive ketones (excluding diaryl/α,β-unsaturated/α-hetero) is 1. The number of rotatable bonds is 4. The first-order valence-corrected chi connectivity index (χ1v) is 12.4. The molecule has 1 aliphatic heterocycles. The van der Waals surface area contributed by atoms with Crippen LogP contribution in [-0.4, -0.2) is 53.5 Å². The second-order valence-corrected chi connectivity index (χ2v) is 10.8. The summed E-state index contributed by atoms with van der Waals surface area (Å²) in [5, 5.41) is 1.86. The summed E-state index contributed by atoms with van der Waals surface area (Å²) in [6.07, 6.45) is 0. The maximum absolute atomic E-state index is 13.8. The third-order valence-electron chi connectivity index (χ3n) is 5.42. The average Bonchev–Trinajstić information content (AvgIpc) is 2.73. The van der Waals surface area contributed by atoms with Crippen molar-refractivity contribution in [3.8, 4) is 5.75 Å². The van der Waals surface area contributed by atoms with E-state index >= 15 is 0 Å². The van der Waals surface area contributed by atoms with Crippen molar-refractivity contribution in [2.75, 3.05) is 31.7 Å². The number of ether oxygens (including phenoxy) is 1. The number of fused-ring (bicyclic) bond motifs is 1. The predicted molar refractivity (Wildman–Crippen MR) is 129 cm³/mol. The number of methoxy groups -OCH3 is 1. The Kier molecular flexibility index (Phi) is 8.36. The number of hydrogen-bond donors (Lipinski definition) is 0. The summed E-state index contributed by atoms with van der Waals surface area (Å²) >= 11 is 0. The fourth-order valence-electron chi connectivity index (χ4n) is 4.07. The Morgan fingerprint density at radius 1 is 1.00 bits per heavy atom. The normalized spacial score (nSPS) is 15.9. The molecule has 5 heteroatoms. The standard InChI is InChI=1S/C23H30NO3S.C2H6/c1-16(25)24-12-14-28(15-13-24)22(23(2,3)4)21(26)19-10-11-20(27-5)18-9-7-6-8-17(18)19;1-2/h6-11,22H,12-15H2,1-5H3;1-2H3/q+1;. The summed E-state index contributed by atoms with van der Waals surface area (Å²) in [6.45, 7) is 13.6. The van der Waals surface area contributed by atoms with Crippen LogP contribution in [0.5, 0.6) is 5.75 Å². The van der Waals surface area contributed by atoms with Gasteiger partial charge in [-0.15, -0.1) is 0 Å². The molecule has 1 fully saturated rings. The molecule has 0 bridgehead atoms. The molecule has 164 valence electrons. The molecule has 30 heavy (non-hydrogen) atoms. The molecule has 0 saturated carbocycles. The first kappa shape index (κ1) is 24.3. The molecule has 1 saturated heterocycles. The summed E-state index contributed by atoms with van der Waals surface area (Å²) in [5.41, 5.74) is 0.636. The van der Waals surface area contributed by atoms with Gasteiger partial charge in [0.05, 0.1) is 20.2 Å². The molecule has 1 heterocycles. The summed E-state index contributed by atoms with van der Waals surface area (Å²) in [6, 6.07) is 11.8. The van der Waals surface area contributed by atoms with Crippen LogP contribution in [0.1, 0.15) is 51.9 Å². The number of nitrogens with zero attached hydrogens (tertiary/aromatic N) is 1. The average molecular weight is 431 g/mol. The maximum atomic E-state index is 13.8. The molecule has 0 N–H and O–H groups in total. The Labute approximate surface area is 184 Å². The van der Waals surface area contributed by atoms with Crippen molar-refractivity contribution in [1.29, 1.82) is 0 Å². The molecular formula is C25H36NO3S+. The van der Waals surface area contributed by atoms with Crippen molar-refractivity contribution in [2.24, 2.45) is 5.41 Å². The number of ketones is 1. The van der Waals surface area contributed by atoms with Gasteiger partial charge in [-0.05, 0) is 17.5 Å². The van der Waals surface area contributed by atoms with Gasteiger partial charge in [-0.1, -0.05) is 58.9 Å². The van der Waals surface area contributed by atoms with Crippen LogP contribution in [0.2, 0.25) is 0 Å². The topological polar surface area (TPSA) is 46.6 Å². The summed E-state index contributed by atoms with van der Waals surface area (Å²) in [4.78, 5) is 27.4. The van der Waals surface area contributed by atoms with Crippen molar-refractivity contribution in [1.82, 2.24) is 4.90 Å². The zero-order valence-corrected chi connectivity index (χ0v) is 20.3. The van der Waals surface area contributed by atoms with E-state index in [1.165, 1.54) is 0 Å². The SMILES string of the molecule is CC.COc1ccc(C(=O)C([S+]2CCN(C(C)=O)CC2)C(C)(C)C)c2ccccc12. The van der Waals surface area contributed by atoms with Crippen LogP contribution in [0.3, 0.4) is 0 Å². The zero-order valence-electron chi connectivity index (χ0n) is 19.5. The second kappa shape index (κ2) is 10.3. The van der Waals surface area contributed by atoms with Gasteiger partial charge in [0, 0.05) is 34.2 Å². The van der Waals surface area contributed by atoms with E-state index in [0.29, 0.717) is 0 Å². The molecule has 1 atom stereocenters. The van der Waals surface area contributed by atoms with Gasteiger partial charge >= 0.3 is 0 Å². The van der Waals surface area contributed by atoms with Crippen molar-refractivity contribution in [3.05, 3.63) is 42.0 Å². The summed E-state index contributed by atoms with van der Waals surface area (Å²) < 4.78 is 5.49. The fourth-order valence-corrected chi connectivity index (χ4v) is 7.08. The minimum absolute atomic E-state index is 0.0445. The molecule has 3 rings (SSSR count). The van der Waals surface area contributed by atoms with E-state index in [1.807, 2.05) is 55.1 Å². The van der Waals surface area contributed by atoms with Gasteiger partial charge in [0.1, 0.15) is 17.3 Å². The monoisotopic (exact) mass is 430 g/mol. The molecule has 0 spiro atoms. The lowest BCUT2D eigenvalue weighted by atomic mass is 9.86. The number of hydrogen-bond acceptors (Lipinski definition) is 3. The van der Waals surface area contributed by atoms with Gasteiger partial charge in [-0.25, -0.2) is 0 Å². The van der Waals surface area contributed by atoms with Crippen LogP contribution in [0, 0.1) is 5.41 Å². The van der Waals surface area contributed by atoms with Crippen LogP contribution in [0.4, 0.5) is 0 Å². The highest BCUT2D eigenvalue weighted by molar-refractivity contribution is 7.98. The van der Waals surface area contributed by atoms with E-state index in [-0.39, 0.29) is 33.3 Å². The zero-order chi connectivity index (χ0) is 22.5. The van der Waals surface area contributed by atoms with Gasteiger partial charge in [0.15, 0.2) is 5.25 Å². The fraction of sp³-hybridized carbons (Fsp3) is 0.520. The smallest absolute Gasteiger partial charge is 0.219 e. The van der Waals surface area contributed by atoms with E-state index in [0.717, 1.165) is 46.7 Å². The molecule has 0 aliphatic carbocycles. The quantitative estimate of drug-likeness (QED) is 0.509. The lowest BCUT2D eigenvalue weighted by Gasteiger charge is -2.34. The Bertz CT molecular complexity index is 880. The Hall–Kier alpha value is -2.01. The van der Waals surface area contributed by atoms with Crippen LogP contribution in [0.15, 0.2) is 36.4 Å². The van der Waals surface area contributed by atoms with Gasteiger partial charge in [0.25, 0.3) is 0 Å². The molecule has 1 amide bonds. The van der Waals surface area contributed by atoms with Crippen LogP contribution < -0.4 is 4.74 Å². The maximum Gasteiger partial charge on any atom is 0.219 e. The number of carbonyl (C=O) groups excluding carboxylic acids is 2. The summed E-state index contributed by atoms with van der Waals surface area (Å²) in [7, 11) is 1.61. The molecule has 0 aromatic heterocycles. The first-order chi connectivity index (χ1) is 14.2.